The van der Waals surface area contributed by atoms with E-state index in [4.69, 9.17) is 19.7 Å². The van der Waals surface area contributed by atoms with Crippen molar-refractivity contribution in [3.05, 3.63) is 0 Å². The normalized spacial score (nSPS) is 25.8. The fourth-order valence-corrected chi connectivity index (χ4v) is 1.07. The summed E-state index contributed by atoms with van der Waals surface area (Å²) >= 11 is 0. The van der Waals surface area contributed by atoms with E-state index in [9.17, 15) is 10.2 Å². The van der Waals surface area contributed by atoms with Crippen molar-refractivity contribution < 1.29 is 29.9 Å². The SMILES string of the molecule is OC[C@H](O)[C@H](O)[C@H](O)C1OCCO1. The molecule has 6 heteroatoms. The number of ether oxygens (including phenoxy) is 2. The molecular weight excluding hydrogens is 180 g/mol. The first-order chi connectivity index (χ1) is 6.16. The van der Waals surface area contributed by atoms with Gasteiger partial charge >= 0.3 is 0 Å². The van der Waals surface area contributed by atoms with Crippen LogP contribution in [0, 0.1) is 0 Å². The third-order valence-electron chi connectivity index (χ3n) is 1.86. The standard InChI is InChI=1S/C7H14O6/c8-3-4(9)5(10)6(11)7-12-1-2-13-7/h4-11H,1-3H2/t4-,5-,6-/m0/s1. The maximum atomic E-state index is 9.35. The summed E-state index contributed by atoms with van der Waals surface area (Å²) in [4.78, 5) is 0. The van der Waals surface area contributed by atoms with Crippen LogP contribution >= 0.6 is 0 Å². The Morgan fingerprint density at radius 3 is 2.15 bits per heavy atom. The molecule has 0 spiro atoms. The predicted octanol–water partition coefficient (Wildman–Crippen LogP) is -2.57. The molecule has 0 aromatic carbocycles. The highest BCUT2D eigenvalue weighted by molar-refractivity contribution is 4.78. The predicted molar refractivity (Wildman–Crippen MR) is 40.8 cm³/mol. The lowest BCUT2D eigenvalue weighted by molar-refractivity contribution is -0.178. The zero-order valence-corrected chi connectivity index (χ0v) is 7.04. The molecular formula is C7H14O6. The molecule has 3 atom stereocenters. The Hall–Kier alpha value is -0.240. The topological polar surface area (TPSA) is 99.4 Å². The summed E-state index contributed by atoms with van der Waals surface area (Å²) in [6.45, 7) is 0.0816. The van der Waals surface area contributed by atoms with Crippen LogP contribution in [0.1, 0.15) is 0 Å². The Labute approximate surface area is 75.3 Å². The van der Waals surface area contributed by atoms with Crippen LogP contribution in [-0.2, 0) is 9.47 Å². The Morgan fingerprint density at radius 2 is 1.69 bits per heavy atom. The minimum atomic E-state index is -1.46. The van der Waals surface area contributed by atoms with E-state index in [0.29, 0.717) is 13.2 Å². The maximum absolute atomic E-state index is 9.35. The van der Waals surface area contributed by atoms with E-state index in [-0.39, 0.29) is 0 Å². The van der Waals surface area contributed by atoms with Crippen LogP contribution in [0.4, 0.5) is 0 Å². The second kappa shape index (κ2) is 4.85. The zero-order valence-electron chi connectivity index (χ0n) is 7.04. The summed E-state index contributed by atoms with van der Waals surface area (Å²) in [6, 6.07) is 0. The van der Waals surface area contributed by atoms with E-state index in [1.807, 2.05) is 0 Å². The molecule has 0 aromatic heterocycles. The van der Waals surface area contributed by atoms with Gasteiger partial charge in [0.15, 0.2) is 6.29 Å². The number of hydrogen-bond acceptors (Lipinski definition) is 6. The average molecular weight is 194 g/mol. The average Bonchev–Trinajstić information content (AvgIpc) is 2.67. The van der Waals surface area contributed by atoms with Crippen molar-refractivity contribution in [2.75, 3.05) is 19.8 Å². The van der Waals surface area contributed by atoms with Gasteiger partial charge in [0.1, 0.15) is 18.3 Å². The van der Waals surface area contributed by atoms with Gasteiger partial charge in [0.25, 0.3) is 0 Å². The highest BCUT2D eigenvalue weighted by Gasteiger charge is 2.34. The molecule has 1 aliphatic heterocycles. The zero-order chi connectivity index (χ0) is 9.84. The largest absolute Gasteiger partial charge is 0.394 e. The van der Waals surface area contributed by atoms with Crippen LogP contribution < -0.4 is 0 Å². The smallest absolute Gasteiger partial charge is 0.186 e. The maximum Gasteiger partial charge on any atom is 0.186 e. The van der Waals surface area contributed by atoms with Gasteiger partial charge in [-0.05, 0) is 0 Å². The first-order valence-corrected chi connectivity index (χ1v) is 4.05. The number of hydrogen-bond donors (Lipinski definition) is 4. The van der Waals surface area contributed by atoms with E-state index < -0.39 is 31.2 Å². The number of aliphatic hydroxyl groups excluding tert-OH is 4. The molecule has 4 N–H and O–H groups in total. The van der Waals surface area contributed by atoms with Crippen molar-refractivity contribution >= 4 is 0 Å². The van der Waals surface area contributed by atoms with Crippen LogP contribution in [0.3, 0.4) is 0 Å². The van der Waals surface area contributed by atoms with Crippen molar-refractivity contribution in [1.82, 2.24) is 0 Å². The molecule has 13 heavy (non-hydrogen) atoms. The van der Waals surface area contributed by atoms with E-state index in [2.05, 4.69) is 0 Å². The summed E-state index contributed by atoms with van der Waals surface area (Å²) in [7, 11) is 0. The van der Waals surface area contributed by atoms with Crippen LogP contribution in [-0.4, -0.2) is 64.8 Å². The highest BCUT2D eigenvalue weighted by atomic mass is 16.7. The Morgan fingerprint density at radius 1 is 1.15 bits per heavy atom. The quantitative estimate of drug-likeness (QED) is 0.393. The van der Waals surface area contributed by atoms with Crippen molar-refractivity contribution in [1.29, 1.82) is 0 Å². The van der Waals surface area contributed by atoms with Gasteiger partial charge in [-0.3, -0.25) is 0 Å². The molecule has 1 rings (SSSR count). The minimum Gasteiger partial charge on any atom is -0.394 e. The third-order valence-corrected chi connectivity index (χ3v) is 1.86. The molecule has 1 aliphatic rings. The van der Waals surface area contributed by atoms with Gasteiger partial charge in [-0.25, -0.2) is 0 Å². The van der Waals surface area contributed by atoms with Crippen molar-refractivity contribution in [3.63, 3.8) is 0 Å². The number of rotatable bonds is 4. The number of aliphatic hydroxyl groups is 4. The molecule has 78 valence electrons. The second-order valence-electron chi connectivity index (χ2n) is 2.84. The lowest BCUT2D eigenvalue weighted by atomic mass is 10.1. The van der Waals surface area contributed by atoms with Crippen LogP contribution in [0.15, 0.2) is 0 Å². The molecule has 0 amide bonds. The van der Waals surface area contributed by atoms with Crippen LogP contribution in [0.5, 0.6) is 0 Å². The monoisotopic (exact) mass is 194 g/mol. The van der Waals surface area contributed by atoms with Crippen LogP contribution in [0.25, 0.3) is 0 Å². The first kappa shape index (κ1) is 10.8. The highest BCUT2D eigenvalue weighted by Crippen LogP contribution is 2.13. The van der Waals surface area contributed by atoms with E-state index in [1.54, 1.807) is 0 Å². The Balaban J connectivity index is 2.40. The fraction of sp³-hybridized carbons (Fsp3) is 1.00. The van der Waals surface area contributed by atoms with E-state index >= 15 is 0 Å². The van der Waals surface area contributed by atoms with Crippen molar-refractivity contribution in [2.45, 2.75) is 24.6 Å². The van der Waals surface area contributed by atoms with Gasteiger partial charge in [-0.15, -0.1) is 0 Å². The lowest BCUT2D eigenvalue weighted by Crippen LogP contribution is -2.46. The van der Waals surface area contributed by atoms with Gasteiger partial charge in [0, 0.05) is 0 Å². The first-order valence-electron chi connectivity index (χ1n) is 4.05. The van der Waals surface area contributed by atoms with Crippen molar-refractivity contribution in [3.8, 4) is 0 Å². The summed E-state index contributed by atoms with van der Waals surface area (Å²) in [5.41, 5.74) is 0. The van der Waals surface area contributed by atoms with Gasteiger partial charge < -0.3 is 29.9 Å². The van der Waals surface area contributed by atoms with Gasteiger partial charge in [0.05, 0.1) is 19.8 Å². The molecule has 0 radical (unpaired) electrons. The van der Waals surface area contributed by atoms with Gasteiger partial charge in [-0.1, -0.05) is 0 Å². The Bertz CT molecular complexity index is 146. The van der Waals surface area contributed by atoms with E-state index in [1.165, 1.54) is 0 Å². The van der Waals surface area contributed by atoms with Crippen LogP contribution in [0.2, 0.25) is 0 Å². The van der Waals surface area contributed by atoms with Gasteiger partial charge in [-0.2, -0.15) is 0 Å². The Kier molecular flexibility index (Phi) is 4.04. The summed E-state index contributed by atoms with van der Waals surface area (Å²) < 4.78 is 9.81. The lowest BCUT2D eigenvalue weighted by Gasteiger charge is -2.24. The minimum absolute atomic E-state index is 0.351. The molecule has 1 fully saturated rings. The van der Waals surface area contributed by atoms with Crippen molar-refractivity contribution in [2.24, 2.45) is 0 Å². The molecule has 0 unspecified atom stereocenters. The third kappa shape index (κ3) is 2.60. The molecule has 0 aliphatic carbocycles. The summed E-state index contributed by atoms with van der Waals surface area (Å²) in [5, 5.41) is 36.1. The summed E-state index contributed by atoms with van der Waals surface area (Å²) in [5.74, 6) is 0. The molecule has 0 bridgehead atoms. The second-order valence-corrected chi connectivity index (χ2v) is 2.84. The molecule has 1 heterocycles. The van der Waals surface area contributed by atoms with E-state index in [0.717, 1.165) is 0 Å². The summed E-state index contributed by atoms with van der Waals surface area (Å²) in [6.07, 6.45) is -5.11. The van der Waals surface area contributed by atoms with Gasteiger partial charge in [0.2, 0.25) is 0 Å². The molecule has 1 saturated heterocycles. The fourth-order valence-electron chi connectivity index (χ4n) is 1.07. The molecule has 6 nitrogen and oxygen atoms in total. The molecule has 0 aromatic rings. The molecule has 0 saturated carbocycles.